The summed E-state index contributed by atoms with van der Waals surface area (Å²) in [5.41, 5.74) is 4.37. The minimum absolute atomic E-state index is 0.203. The molecule has 1 atom stereocenters. The van der Waals surface area contributed by atoms with Crippen LogP contribution in [0.5, 0.6) is 0 Å². The molecule has 0 heterocycles. The molecule has 88 valence electrons. The first-order valence-electron chi connectivity index (χ1n) is 5.36. The minimum atomic E-state index is -0.826. The lowest BCUT2D eigenvalue weighted by molar-refractivity contribution is -0.122. The van der Waals surface area contributed by atoms with Crippen LogP contribution >= 0.6 is 0 Å². The van der Waals surface area contributed by atoms with Crippen LogP contribution in [0.3, 0.4) is 0 Å². The van der Waals surface area contributed by atoms with Crippen molar-refractivity contribution >= 4 is 11.9 Å². The van der Waals surface area contributed by atoms with Gasteiger partial charge in [-0.3, -0.25) is 4.79 Å². The van der Waals surface area contributed by atoms with Gasteiger partial charge in [0.05, 0.1) is 11.5 Å². The standard InChI is InChI=1S/C11H16N2O3/c1-8(16-10(13)15)6-11(7-12)4-2-9(14)3-5-11/h8H,2-6H2,1H3,(H2,13,15). The van der Waals surface area contributed by atoms with Gasteiger partial charge in [0.25, 0.3) is 0 Å². The van der Waals surface area contributed by atoms with E-state index in [4.69, 9.17) is 10.5 Å². The molecular weight excluding hydrogens is 208 g/mol. The number of carbonyl (C=O) groups is 2. The molecule has 16 heavy (non-hydrogen) atoms. The molecule has 0 saturated heterocycles. The summed E-state index contributed by atoms with van der Waals surface area (Å²) in [5.74, 6) is 0.203. The Morgan fingerprint density at radius 2 is 2.19 bits per heavy atom. The molecule has 1 fully saturated rings. The van der Waals surface area contributed by atoms with E-state index < -0.39 is 11.5 Å². The molecule has 0 aromatic carbocycles. The van der Waals surface area contributed by atoms with Crippen LogP contribution in [0.4, 0.5) is 4.79 Å². The predicted octanol–water partition coefficient (Wildman–Crippen LogP) is 1.51. The number of nitrogens with two attached hydrogens (primary N) is 1. The van der Waals surface area contributed by atoms with Crippen molar-refractivity contribution in [2.24, 2.45) is 11.1 Å². The summed E-state index contributed by atoms with van der Waals surface area (Å²) in [6, 6.07) is 2.26. The maximum atomic E-state index is 11.1. The number of rotatable bonds is 3. The molecule has 1 unspecified atom stereocenters. The predicted molar refractivity (Wildman–Crippen MR) is 56.3 cm³/mol. The van der Waals surface area contributed by atoms with E-state index in [0.717, 1.165) is 0 Å². The molecule has 1 aliphatic rings. The summed E-state index contributed by atoms with van der Waals surface area (Å²) < 4.78 is 4.81. The van der Waals surface area contributed by atoms with E-state index in [1.165, 1.54) is 0 Å². The van der Waals surface area contributed by atoms with Crippen LogP contribution in [-0.4, -0.2) is 18.0 Å². The van der Waals surface area contributed by atoms with E-state index in [0.29, 0.717) is 32.1 Å². The molecule has 0 aromatic rings. The smallest absolute Gasteiger partial charge is 0.404 e. The van der Waals surface area contributed by atoms with Crippen molar-refractivity contribution in [2.75, 3.05) is 0 Å². The van der Waals surface area contributed by atoms with Crippen LogP contribution in [0.15, 0.2) is 0 Å². The topological polar surface area (TPSA) is 93.2 Å². The lowest BCUT2D eigenvalue weighted by atomic mass is 9.71. The molecule has 1 amide bonds. The molecule has 1 saturated carbocycles. The van der Waals surface area contributed by atoms with Crippen molar-refractivity contribution in [1.82, 2.24) is 0 Å². The number of hydrogen-bond donors (Lipinski definition) is 1. The molecule has 2 N–H and O–H groups in total. The van der Waals surface area contributed by atoms with Crippen LogP contribution in [-0.2, 0) is 9.53 Å². The summed E-state index contributed by atoms with van der Waals surface area (Å²) in [4.78, 5) is 21.7. The molecule has 1 aliphatic carbocycles. The van der Waals surface area contributed by atoms with E-state index in [2.05, 4.69) is 6.07 Å². The van der Waals surface area contributed by atoms with Crippen molar-refractivity contribution in [3.8, 4) is 6.07 Å². The van der Waals surface area contributed by atoms with Gasteiger partial charge in [-0.05, 0) is 19.8 Å². The lowest BCUT2D eigenvalue weighted by Crippen LogP contribution is -2.32. The fraction of sp³-hybridized carbons (Fsp3) is 0.727. The van der Waals surface area contributed by atoms with Gasteiger partial charge in [-0.1, -0.05) is 0 Å². The Kier molecular flexibility index (Phi) is 3.88. The van der Waals surface area contributed by atoms with Gasteiger partial charge in [0.2, 0.25) is 0 Å². The fourth-order valence-electron chi connectivity index (χ4n) is 2.16. The monoisotopic (exact) mass is 224 g/mol. The number of Topliss-reactive ketones (excluding diaryl/α,β-unsaturated/α-hetero) is 1. The molecule has 0 radical (unpaired) electrons. The third-order valence-electron chi connectivity index (χ3n) is 3.00. The molecule has 1 rings (SSSR count). The Balaban J connectivity index is 2.58. The maximum absolute atomic E-state index is 11.1. The second kappa shape index (κ2) is 4.97. The van der Waals surface area contributed by atoms with E-state index in [9.17, 15) is 14.9 Å². The number of carbonyl (C=O) groups excluding carboxylic acids is 2. The van der Waals surface area contributed by atoms with Gasteiger partial charge in [0.1, 0.15) is 11.9 Å². The Hall–Kier alpha value is -1.57. The molecule has 0 bridgehead atoms. The number of ether oxygens (including phenoxy) is 1. The van der Waals surface area contributed by atoms with Crippen LogP contribution < -0.4 is 5.73 Å². The highest BCUT2D eigenvalue weighted by atomic mass is 16.6. The summed E-state index contributed by atoms with van der Waals surface area (Å²) in [7, 11) is 0. The molecule has 5 nitrogen and oxygen atoms in total. The van der Waals surface area contributed by atoms with Crippen molar-refractivity contribution in [3.05, 3.63) is 0 Å². The number of ketones is 1. The molecule has 0 spiro atoms. The van der Waals surface area contributed by atoms with Crippen molar-refractivity contribution in [1.29, 1.82) is 5.26 Å². The fourth-order valence-corrected chi connectivity index (χ4v) is 2.16. The molecule has 0 aromatic heterocycles. The number of amides is 1. The lowest BCUT2D eigenvalue weighted by Gasteiger charge is -2.31. The quantitative estimate of drug-likeness (QED) is 0.786. The average Bonchev–Trinajstić information content (AvgIpc) is 2.21. The van der Waals surface area contributed by atoms with Gasteiger partial charge < -0.3 is 10.5 Å². The third kappa shape index (κ3) is 3.23. The Morgan fingerprint density at radius 3 is 2.62 bits per heavy atom. The van der Waals surface area contributed by atoms with E-state index in [1.54, 1.807) is 6.92 Å². The van der Waals surface area contributed by atoms with Crippen molar-refractivity contribution in [3.63, 3.8) is 0 Å². The van der Waals surface area contributed by atoms with Gasteiger partial charge in [-0.15, -0.1) is 0 Å². The summed E-state index contributed by atoms with van der Waals surface area (Å²) in [6.45, 7) is 1.71. The first-order valence-corrected chi connectivity index (χ1v) is 5.36. The van der Waals surface area contributed by atoms with Crippen LogP contribution in [0.1, 0.15) is 39.0 Å². The first-order chi connectivity index (χ1) is 7.47. The summed E-state index contributed by atoms with van der Waals surface area (Å²) in [6.07, 6.45) is 1.22. The normalized spacial score (nSPS) is 20.9. The molecule has 0 aliphatic heterocycles. The maximum Gasteiger partial charge on any atom is 0.404 e. The summed E-state index contributed by atoms with van der Waals surface area (Å²) >= 11 is 0. The molecular formula is C11H16N2O3. The third-order valence-corrected chi connectivity index (χ3v) is 3.00. The van der Waals surface area contributed by atoms with Crippen LogP contribution in [0.25, 0.3) is 0 Å². The highest BCUT2D eigenvalue weighted by Gasteiger charge is 2.36. The van der Waals surface area contributed by atoms with Crippen molar-refractivity contribution < 1.29 is 14.3 Å². The Labute approximate surface area is 94.6 Å². The second-order valence-corrected chi connectivity index (χ2v) is 4.38. The van der Waals surface area contributed by atoms with Crippen molar-refractivity contribution in [2.45, 2.75) is 45.1 Å². The second-order valence-electron chi connectivity index (χ2n) is 4.38. The van der Waals surface area contributed by atoms with E-state index >= 15 is 0 Å². The summed E-state index contributed by atoms with van der Waals surface area (Å²) in [5, 5.41) is 9.18. The van der Waals surface area contributed by atoms with Gasteiger partial charge in [0, 0.05) is 19.3 Å². The number of hydrogen-bond acceptors (Lipinski definition) is 4. The first kappa shape index (κ1) is 12.5. The molecule has 5 heteroatoms. The zero-order valence-corrected chi connectivity index (χ0v) is 9.36. The highest BCUT2D eigenvalue weighted by molar-refractivity contribution is 5.79. The number of primary amides is 1. The zero-order chi connectivity index (χ0) is 12.2. The van der Waals surface area contributed by atoms with Gasteiger partial charge >= 0.3 is 6.09 Å². The van der Waals surface area contributed by atoms with Crippen LogP contribution in [0, 0.1) is 16.7 Å². The van der Waals surface area contributed by atoms with Gasteiger partial charge in [-0.25, -0.2) is 4.79 Å². The Bertz CT molecular complexity index is 323. The average molecular weight is 224 g/mol. The SMILES string of the molecule is CC(CC1(C#N)CCC(=O)CC1)OC(N)=O. The Morgan fingerprint density at radius 1 is 1.62 bits per heavy atom. The number of nitrogens with zero attached hydrogens (tertiary/aromatic N) is 1. The van der Waals surface area contributed by atoms with E-state index in [-0.39, 0.29) is 11.9 Å². The highest BCUT2D eigenvalue weighted by Crippen LogP contribution is 2.38. The van der Waals surface area contributed by atoms with E-state index in [1.807, 2.05) is 0 Å². The van der Waals surface area contributed by atoms with Gasteiger partial charge in [-0.2, -0.15) is 5.26 Å². The van der Waals surface area contributed by atoms with Crippen LogP contribution in [0.2, 0.25) is 0 Å². The zero-order valence-electron chi connectivity index (χ0n) is 9.36. The largest absolute Gasteiger partial charge is 0.447 e. The van der Waals surface area contributed by atoms with Gasteiger partial charge in [0.15, 0.2) is 0 Å². The number of nitriles is 1. The minimum Gasteiger partial charge on any atom is -0.447 e.